The fraction of sp³-hybridized carbons (Fsp3) is 0.417. The number of rotatable bonds is 6. The smallest absolute Gasteiger partial charge is 0.190 e. The Kier molecular flexibility index (Phi) is 5.71. The molecule has 1 aromatic carbocycles. The van der Waals surface area contributed by atoms with Gasteiger partial charge < -0.3 is 4.74 Å². The summed E-state index contributed by atoms with van der Waals surface area (Å²) in [6.45, 7) is 0.190. The van der Waals surface area contributed by atoms with Crippen LogP contribution in [0.25, 0.3) is 0 Å². The molecule has 17 heavy (non-hydrogen) atoms. The Morgan fingerprint density at radius 1 is 1.24 bits per heavy atom. The first-order chi connectivity index (χ1) is 8.19. The Morgan fingerprint density at radius 2 is 1.88 bits per heavy atom. The van der Waals surface area contributed by atoms with Crippen LogP contribution in [0.4, 0.5) is 8.78 Å². The SMILES string of the molecule is N#CCCCCOc1c(F)cc(CCl)cc1F. The first-order valence-corrected chi connectivity index (χ1v) is 5.76. The lowest BCUT2D eigenvalue weighted by Crippen LogP contribution is -2.02. The predicted octanol–water partition coefficient (Wildman–Crippen LogP) is 3.78. The van der Waals surface area contributed by atoms with Crippen molar-refractivity contribution in [1.29, 1.82) is 5.26 Å². The number of unbranched alkanes of at least 4 members (excludes halogenated alkanes) is 2. The molecule has 0 N–H and O–H groups in total. The first-order valence-electron chi connectivity index (χ1n) is 5.22. The maximum atomic E-state index is 13.4. The fourth-order valence-corrected chi connectivity index (χ4v) is 1.46. The van der Waals surface area contributed by atoms with Crippen molar-refractivity contribution in [1.82, 2.24) is 0 Å². The summed E-state index contributed by atoms with van der Waals surface area (Å²) in [7, 11) is 0. The zero-order chi connectivity index (χ0) is 12.7. The standard InChI is InChI=1S/C12H12ClF2NO/c13-8-9-6-10(14)12(11(15)7-9)17-5-3-1-2-4-16/h6-7H,1-3,5,8H2. The third-order valence-electron chi connectivity index (χ3n) is 2.14. The van der Waals surface area contributed by atoms with E-state index in [0.717, 1.165) is 12.1 Å². The van der Waals surface area contributed by atoms with E-state index in [1.807, 2.05) is 6.07 Å². The first kappa shape index (κ1) is 13.7. The highest BCUT2D eigenvalue weighted by molar-refractivity contribution is 6.17. The van der Waals surface area contributed by atoms with Gasteiger partial charge in [0, 0.05) is 12.3 Å². The van der Waals surface area contributed by atoms with Crippen LogP contribution in [0.5, 0.6) is 5.75 Å². The van der Waals surface area contributed by atoms with Crippen LogP contribution >= 0.6 is 11.6 Å². The molecule has 0 saturated heterocycles. The summed E-state index contributed by atoms with van der Waals surface area (Å²) in [5.74, 6) is -1.83. The van der Waals surface area contributed by atoms with Crippen LogP contribution in [-0.4, -0.2) is 6.61 Å². The summed E-state index contributed by atoms with van der Waals surface area (Å²) in [6.07, 6.45) is 1.66. The summed E-state index contributed by atoms with van der Waals surface area (Å²) >= 11 is 5.48. The molecule has 0 atom stereocenters. The van der Waals surface area contributed by atoms with Crippen molar-refractivity contribution >= 4 is 11.6 Å². The predicted molar refractivity (Wildman–Crippen MR) is 60.9 cm³/mol. The highest BCUT2D eigenvalue weighted by atomic mass is 35.5. The Morgan fingerprint density at radius 3 is 2.41 bits per heavy atom. The molecule has 1 rings (SSSR count). The van der Waals surface area contributed by atoms with Crippen LogP contribution < -0.4 is 4.74 Å². The van der Waals surface area contributed by atoms with Gasteiger partial charge in [0.05, 0.1) is 12.7 Å². The molecule has 0 spiro atoms. The second kappa shape index (κ2) is 7.08. The van der Waals surface area contributed by atoms with E-state index in [2.05, 4.69) is 0 Å². The van der Waals surface area contributed by atoms with Gasteiger partial charge in [0.2, 0.25) is 0 Å². The van der Waals surface area contributed by atoms with E-state index in [0.29, 0.717) is 24.8 Å². The molecule has 2 nitrogen and oxygen atoms in total. The molecule has 0 radical (unpaired) electrons. The number of hydrogen-bond acceptors (Lipinski definition) is 2. The number of ether oxygens (including phenoxy) is 1. The Hall–Kier alpha value is -1.34. The third kappa shape index (κ3) is 4.20. The zero-order valence-corrected chi connectivity index (χ0v) is 9.94. The van der Waals surface area contributed by atoms with Crippen LogP contribution in [-0.2, 0) is 5.88 Å². The molecule has 0 unspecified atom stereocenters. The quantitative estimate of drug-likeness (QED) is 0.575. The van der Waals surface area contributed by atoms with Gasteiger partial charge in [-0.25, -0.2) is 8.78 Å². The molecule has 0 aliphatic rings. The molecule has 0 aromatic heterocycles. The Bertz CT molecular complexity index is 394. The molecule has 1 aromatic rings. The van der Waals surface area contributed by atoms with Gasteiger partial charge >= 0.3 is 0 Å². The summed E-state index contributed by atoms with van der Waals surface area (Å²) in [6, 6.07) is 4.29. The number of benzene rings is 1. The van der Waals surface area contributed by atoms with E-state index in [4.69, 9.17) is 21.6 Å². The number of halogens is 3. The number of hydrogen-bond donors (Lipinski definition) is 0. The molecular weight excluding hydrogens is 248 g/mol. The van der Waals surface area contributed by atoms with Gasteiger partial charge in [-0.2, -0.15) is 5.26 Å². The Labute approximate surface area is 104 Å². The maximum Gasteiger partial charge on any atom is 0.190 e. The van der Waals surface area contributed by atoms with Crippen LogP contribution in [0.3, 0.4) is 0 Å². The molecular formula is C12H12ClF2NO. The second-order valence-corrected chi connectivity index (χ2v) is 3.75. The molecule has 0 bridgehead atoms. The minimum Gasteiger partial charge on any atom is -0.488 e. The van der Waals surface area contributed by atoms with E-state index >= 15 is 0 Å². The zero-order valence-electron chi connectivity index (χ0n) is 9.18. The maximum absolute atomic E-state index is 13.4. The van der Waals surface area contributed by atoms with Crippen molar-refractivity contribution < 1.29 is 13.5 Å². The van der Waals surface area contributed by atoms with E-state index < -0.39 is 11.6 Å². The molecule has 0 heterocycles. The minimum absolute atomic E-state index is 0.0519. The highest BCUT2D eigenvalue weighted by Gasteiger charge is 2.12. The third-order valence-corrected chi connectivity index (χ3v) is 2.45. The van der Waals surface area contributed by atoms with Crippen molar-refractivity contribution in [3.63, 3.8) is 0 Å². The van der Waals surface area contributed by atoms with Crippen molar-refractivity contribution in [3.8, 4) is 11.8 Å². The lowest BCUT2D eigenvalue weighted by molar-refractivity contribution is 0.277. The minimum atomic E-state index is -0.749. The molecule has 92 valence electrons. The van der Waals surface area contributed by atoms with Crippen molar-refractivity contribution in [2.75, 3.05) is 6.61 Å². The topological polar surface area (TPSA) is 33.0 Å². The van der Waals surface area contributed by atoms with Crippen LogP contribution in [0.15, 0.2) is 12.1 Å². The average molecular weight is 260 g/mol. The Balaban J connectivity index is 2.56. The van der Waals surface area contributed by atoms with Gasteiger partial charge in [0.1, 0.15) is 0 Å². The summed E-state index contributed by atoms with van der Waals surface area (Å²) in [4.78, 5) is 0. The molecule has 0 fully saturated rings. The molecule has 0 amide bonds. The van der Waals surface area contributed by atoms with Crippen molar-refractivity contribution in [2.24, 2.45) is 0 Å². The monoisotopic (exact) mass is 259 g/mol. The number of nitrogens with zero attached hydrogens (tertiary/aromatic N) is 1. The summed E-state index contributed by atoms with van der Waals surface area (Å²) < 4.78 is 31.8. The normalized spacial score (nSPS) is 10.0. The molecule has 5 heteroatoms. The van der Waals surface area contributed by atoms with Gasteiger partial charge in [0.25, 0.3) is 0 Å². The fourth-order valence-electron chi connectivity index (χ4n) is 1.31. The van der Waals surface area contributed by atoms with Crippen molar-refractivity contribution in [2.45, 2.75) is 25.1 Å². The average Bonchev–Trinajstić information content (AvgIpc) is 2.31. The van der Waals surface area contributed by atoms with E-state index in [9.17, 15) is 8.78 Å². The van der Waals surface area contributed by atoms with Gasteiger partial charge in [-0.05, 0) is 30.5 Å². The molecule has 0 aliphatic carbocycles. The second-order valence-electron chi connectivity index (χ2n) is 3.49. The van der Waals surface area contributed by atoms with Gasteiger partial charge in [-0.15, -0.1) is 11.6 Å². The van der Waals surface area contributed by atoms with Crippen LogP contribution in [0.2, 0.25) is 0 Å². The molecule has 0 aliphatic heterocycles. The summed E-state index contributed by atoms with van der Waals surface area (Å²) in [5, 5.41) is 8.31. The van der Waals surface area contributed by atoms with Crippen molar-refractivity contribution in [3.05, 3.63) is 29.3 Å². The van der Waals surface area contributed by atoms with E-state index in [1.54, 1.807) is 0 Å². The summed E-state index contributed by atoms with van der Waals surface area (Å²) in [5.41, 5.74) is 0.374. The van der Waals surface area contributed by atoms with Crippen LogP contribution in [0, 0.1) is 23.0 Å². The van der Waals surface area contributed by atoms with Gasteiger partial charge in [-0.1, -0.05) is 0 Å². The van der Waals surface area contributed by atoms with Gasteiger partial charge in [-0.3, -0.25) is 0 Å². The van der Waals surface area contributed by atoms with Crippen LogP contribution in [0.1, 0.15) is 24.8 Å². The van der Waals surface area contributed by atoms with Gasteiger partial charge in [0.15, 0.2) is 17.4 Å². The number of nitriles is 1. The molecule has 0 saturated carbocycles. The van der Waals surface area contributed by atoms with E-state index in [-0.39, 0.29) is 18.2 Å². The largest absolute Gasteiger partial charge is 0.488 e. The van der Waals surface area contributed by atoms with E-state index in [1.165, 1.54) is 0 Å². The number of alkyl halides is 1. The lowest BCUT2D eigenvalue weighted by atomic mass is 10.2. The lowest BCUT2D eigenvalue weighted by Gasteiger charge is -2.08. The highest BCUT2D eigenvalue weighted by Crippen LogP contribution is 2.24.